The van der Waals surface area contributed by atoms with Crippen LogP contribution in [0.4, 0.5) is 11.6 Å². The number of hydrogen-bond donors (Lipinski definition) is 0. The Labute approximate surface area is 403 Å². The molecule has 0 atom stereocenters. The van der Waals surface area contributed by atoms with Crippen molar-refractivity contribution in [3.05, 3.63) is 165 Å². The molecule has 6 aromatic rings. The minimum atomic E-state index is 0. The van der Waals surface area contributed by atoms with Gasteiger partial charge in [0.05, 0.1) is 0 Å². The Morgan fingerprint density at radius 3 is 0.794 bits per heavy atom. The van der Waals surface area contributed by atoms with Gasteiger partial charge in [0.2, 0.25) is 0 Å². The second kappa shape index (κ2) is 22.0. The molecule has 0 spiro atoms. The number of aryl methyl sites for hydroxylation is 12. The van der Waals surface area contributed by atoms with Crippen LogP contribution >= 0.6 is 0 Å². The van der Waals surface area contributed by atoms with E-state index in [0.717, 1.165) is 36.1 Å². The van der Waals surface area contributed by atoms with Crippen LogP contribution in [0.1, 0.15) is 108 Å². The van der Waals surface area contributed by atoms with Gasteiger partial charge in [0, 0.05) is 0 Å². The fourth-order valence-electron chi connectivity index (χ4n) is 8.81. The topological polar surface area (TPSA) is 54.0 Å². The van der Waals surface area contributed by atoms with Crippen molar-refractivity contribution in [2.45, 2.75) is 125 Å². The summed E-state index contributed by atoms with van der Waals surface area (Å²) in [6.45, 7) is 40.9. The SMILES string of the molecule is Cc1cc(C)c(-c2cc([N-]CC(C)(C)C)nc(-c3c(C)cc(C)cc3C)c2)c(C)c1.Cc1cc(C)c(-c2cc([N-]CC(C)(C)C)nc(-c3c(C)cc(C)cc3C)c2)c(C)c1.[CH3-].[CH3-].[Zr+4]. The minimum absolute atomic E-state index is 0. The van der Waals surface area contributed by atoms with Crippen molar-refractivity contribution in [1.82, 2.24) is 9.97 Å². The molecule has 0 aliphatic heterocycles. The van der Waals surface area contributed by atoms with E-state index in [2.05, 4.69) is 197 Å². The number of aromatic nitrogens is 2. The van der Waals surface area contributed by atoms with Crippen LogP contribution < -0.4 is 0 Å². The van der Waals surface area contributed by atoms with E-state index in [1.165, 1.54) is 100 Å². The molecule has 0 N–H and O–H groups in total. The van der Waals surface area contributed by atoms with Gasteiger partial charge in [-0.3, -0.25) is 0 Å². The van der Waals surface area contributed by atoms with Gasteiger partial charge in [-0.15, -0.1) is 0 Å². The van der Waals surface area contributed by atoms with E-state index in [0.29, 0.717) is 0 Å². The first-order chi connectivity index (χ1) is 27.9. The van der Waals surface area contributed by atoms with E-state index < -0.39 is 0 Å². The Morgan fingerprint density at radius 2 is 0.571 bits per heavy atom. The Balaban J connectivity index is 0.000000414. The predicted molar refractivity (Wildman–Crippen MR) is 275 cm³/mol. The zero-order valence-electron chi connectivity index (χ0n) is 42.6. The predicted octanol–water partition coefficient (Wildman–Crippen LogP) is 17.5. The summed E-state index contributed by atoms with van der Waals surface area (Å²) in [4.78, 5) is 9.99. The molecular formula is C58H76N4Zr. The largest absolute Gasteiger partial charge is 4.00 e. The molecule has 0 aliphatic carbocycles. The zero-order valence-corrected chi connectivity index (χ0v) is 45.1. The third-order valence-electron chi connectivity index (χ3n) is 10.9. The van der Waals surface area contributed by atoms with Crippen molar-refractivity contribution in [2.24, 2.45) is 10.8 Å². The van der Waals surface area contributed by atoms with E-state index in [1.807, 2.05) is 0 Å². The van der Waals surface area contributed by atoms with Crippen molar-refractivity contribution in [3.8, 4) is 44.8 Å². The molecule has 63 heavy (non-hydrogen) atoms. The normalized spacial score (nSPS) is 11.1. The number of rotatable bonds is 8. The molecule has 4 nitrogen and oxygen atoms in total. The second-order valence-electron chi connectivity index (χ2n) is 20.0. The molecule has 0 radical (unpaired) electrons. The maximum atomic E-state index is 4.99. The summed E-state index contributed by atoms with van der Waals surface area (Å²) < 4.78 is 0. The van der Waals surface area contributed by atoms with Gasteiger partial charge in [-0.05, 0) is 196 Å². The number of hydrogen-bond acceptors (Lipinski definition) is 2. The van der Waals surface area contributed by atoms with Crippen LogP contribution in [0.3, 0.4) is 0 Å². The quantitative estimate of drug-likeness (QED) is 0.143. The van der Waals surface area contributed by atoms with Crippen LogP contribution in [0, 0.1) is 109 Å². The fourth-order valence-corrected chi connectivity index (χ4v) is 8.81. The Bertz CT molecular complexity index is 2110. The van der Waals surface area contributed by atoms with E-state index in [-0.39, 0.29) is 51.9 Å². The first kappa shape index (κ1) is 54.8. The van der Waals surface area contributed by atoms with Crippen molar-refractivity contribution in [1.29, 1.82) is 0 Å². The number of pyridine rings is 2. The molecule has 0 fully saturated rings. The van der Waals surface area contributed by atoms with Gasteiger partial charge in [-0.25, -0.2) is 0 Å². The molecule has 0 saturated heterocycles. The summed E-state index contributed by atoms with van der Waals surface area (Å²) in [7, 11) is 0. The van der Waals surface area contributed by atoms with Crippen LogP contribution in [0.25, 0.3) is 55.4 Å². The van der Waals surface area contributed by atoms with Crippen molar-refractivity contribution < 1.29 is 26.2 Å². The van der Waals surface area contributed by atoms with Crippen LogP contribution in [0.2, 0.25) is 0 Å². The third kappa shape index (κ3) is 14.3. The molecule has 5 heteroatoms. The molecule has 2 aromatic heterocycles. The Hall–Kier alpha value is -4.34. The Kier molecular flexibility index (Phi) is 19.2. The van der Waals surface area contributed by atoms with Gasteiger partial charge < -0.3 is 35.5 Å². The maximum absolute atomic E-state index is 4.99. The monoisotopic (exact) mass is 919 g/mol. The molecule has 6 rings (SSSR count). The van der Waals surface area contributed by atoms with Gasteiger partial charge in [0.25, 0.3) is 0 Å². The third-order valence-corrected chi connectivity index (χ3v) is 10.9. The van der Waals surface area contributed by atoms with E-state index in [9.17, 15) is 0 Å². The molecule has 332 valence electrons. The average molecular weight is 920 g/mol. The van der Waals surface area contributed by atoms with Gasteiger partial charge in [-0.2, -0.15) is 0 Å². The summed E-state index contributed by atoms with van der Waals surface area (Å²) in [5.41, 5.74) is 25.1. The van der Waals surface area contributed by atoms with Gasteiger partial charge in [0.1, 0.15) is 0 Å². The van der Waals surface area contributed by atoms with Crippen LogP contribution in [0.15, 0.2) is 72.8 Å². The summed E-state index contributed by atoms with van der Waals surface area (Å²) in [5, 5.41) is 9.78. The molecule has 0 unspecified atom stereocenters. The molecule has 4 aromatic carbocycles. The first-order valence-corrected chi connectivity index (χ1v) is 21.6. The van der Waals surface area contributed by atoms with Crippen molar-refractivity contribution in [2.75, 3.05) is 13.1 Å². The van der Waals surface area contributed by atoms with Crippen molar-refractivity contribution >= 4 is 11.6 Å². The summed E-state index contributed by atoms with van der Waals surface area (Å²) >= 11 is 0. The fraction of sp³-hybridized carbons (Fsp3) is 0.379. The van der Waals surface area contributed by atoms with Crippen molar-refractivity contribution in [3.63, 3.8) is 0 Å². The molecule has 0 bridgehead atoms. The minimum Gasteiger partial charge on any atom is -0.465 e. The number of nitrogens with zero attached hydrogens (tertiary/aromatic N) is 4. The van der Waals surface area contributed by atoms with E-state index in [1.54, 1.807) is 0 Å². The van der Waals surface area contributed by atoms with E-state index in [4.69, 9.17) is 20.6 Å². The molecular weight excluding hydrogens is 844 g/mol. The van der Waals surface area contributed by atoms with Crippen LogP contribution in [0.5, 0.6) is 0 Å². The van der Waals surface area contributed by atoms with Crippen LogP contribution in [-0.4, -0.2) is 23.1 Å². The maximum Gasteiger partial charge on any atom is 4.00 e. The van der Waals surface area contributed by atoms with Crippen LogP contribution in [-0.2, 0) is 26.2 Å². The van der Waals surface area contributed by atoms with E-state index >= 15 is 0 Å². The second-order valence-corrected chi connectivity index (χ2v) is 20.0. The number of benzene rings is 4. The molecule has 2 heterocycles. The first-order valence-electron chi connectivity index (χ1n) is 21.6. The Morgan fingerprint density at radius 1 is 0.349 bits per heavy atom. The molecule has 0 saturated carbocycles. The summed E-state index contributed by atoms with van der Waals surface area (Å²) in [6.07, 6.45) is 0. The standard InChI is InChI=1S/2C28H35N2.2CH3.Zr/c2*1-17-10-19(3)26(20(4)11-17)23-14-24(27-21(5)12-18(2)13-22(27)6)30-25(15-23)29-16-28(7,8)9;;;/h2*10-15H,16H2,1-9H3;2*1H3;/q4*-1;+4. The van der Waals surface area contributed by atoms with Gasteiger partial charge in [-0.1, -0.05) is 148 Å². The summed E-state index contributed by atoms with van der Waals surface area (Å²) in [5.74, 6) is 1.63. The summed E-state index contributed by atoms with van der Waals surface area (Å²) in [6, 6.07) is 26.8. The zero-order chi connectivity index (χ0) is 44.4. The smallest absolute Gasteiger partial charge is 0.465 e. The van der Waals surface area contributed by atoms with Gasteiger partial charge in [0.15, 0.2) is 0 Å². The average Bonchev–Trinajstić information content (AvgIpc) is 3.08. The molecule has 0 aliphatic rings. The molecule has 0 amide bonds. The van der Waals surface area contributed by atoms with Gasteiger partial charge >= 0.3 is 26.2 Å².